The Balaban J connectivity index is 2.17. The molecule has 2 aromatic rings. The van der Waals surface area contributed by atoms with Crippen LogP contribution >= 0.6 is 23.2 Å². The van der Waals surface area contributed by atoms with E-state index in [4.69, 9.17) is 27.9 Å². The van der Waals surface area contributed by atoms with Gasteiger partial charge >= 0.3 is 5.97 Å². The van der Waals surface area contributed by atoms with Crippen molar-refractivity contribution < 1.29 is 14.3 Å². The molecule has 1 amide bonds. The Morgan fingerprint density at radius 2 is 1.67 bits per heavy atom. The van der Waals surface area contributed by atoms with Crippen molar-refractivity contribution in [3.8, 4) is 0 Å². The van der Waals surface area contributed by atoms with Crippen molar-refractivity contribution in [2.45, 2.75) is 18.3 Å². The third kappa shape index (κ3) is 4.73. The molecule has 4 nitrogen and oxygen atoms in total. The first kappa shape index (κ1) is 18.3. The molecule has 0 radical (unpaired) electrons. The van der Waals surface area contributed by atoms with Crippen molar-refractivity contribution >= 4 is 35.1 Å². The van der Waals surface area contributed by atoms with Crippen LogP contribution in [0.2, 0.25) is 5.02 Å². The number of alkyl halides is 1. The summed E-state index contributed by atoms with van der Waals surface area (Å²) in [6.07, 6.45) is 0. The van der Waals surface area contributed by atoms with Crippen molar-refractivity contribution in [2.24, 2.45) is 0 Å². The Morgan fingerprint density at radius 3 is 2.25 bits per heavy atom. The fourth-order valence-corrected chi connectivity index (χ4v) is 2.48. The highest BCUT2D eigenvalue weighted by Gasteiger charge is 2.27. The number of carbonyl (C=O) groups is 2. The largest absolute Gasteiger partial charge is 0.464 e. The number of halogens is 2. The van der Waals surface area contributed by atoms with Gasteiger partial charge in [-0.25, -0.2) is 4.79 Å². The number of hydrogen-bond acceptors (Lipinski definition) is 3. The summed E-state index contributed by atoms with van der Waals surface area (Å²) in [6, 6.07) is 14.6. The molecule has 0 spiro atoms. The molecule has 0 bridgehead atoms. The Kier molecular flexibility index (Phi) is 6.64. The predicted octanol–water partition coefficient (Wildman–Crippen LogP) is 4.04. The third-order valence-electron chi connectivity index (χ3n) is 3.33. The minimum atomic E-state index is -0.942. The van der Waals surface area contributed by atoms with Crippen LogP contribution in [0.4, 0.5) is 0 Å². The van der Waals surface area contributed by atoms with Crippen LogP contribution < -0.4 is 5.32 Å². The van der Waals surface area contributed by atoms with Gasteiger partial charge in [0.2, 0.25) is 5.91 Å². The molecule has 0 heterocycles. The highest BCUT2D eigenvalue weighted by Crippen LogP contribution is 2.24. The second-order valence-electron chi connectivity index (χ2n) is 5.02. The standard InChI is InChI=1S/C18H17Cl2NO3/c1-2-24-18(23)16(13-6-4-3-5-7-13)21-17(22)15(20)12-8-10-14(19)11-9-12/h3-11,15-16H,2H2,1H3,(H,21,22)/t15-,16-/m1/s1. The van der Waals surface area contributed by atoms with Gasteiger partial charge in [-0.1, -0.05) is 54.1 Å². The molecule has 2 atom stereocenters. The van der Waals surface area contributed by atoms with Gasteiger partial charge in [0, 0.05) is 5.02 Å². The van der Waals surface area contributed by atoms with Crippen molar-refractivity contribution in [2.75, 3.05) is 6.61 Å². The lowest BCUT2D eigenvalue weighted by molar-refractivity contribution is -0.147. The molecule has 0 saturated heterocycles. The summed E-state index contributed by atoms with van der Waals surface area (Å²) in [5.74, 6) is -1.02. The summed E-state index contributed by atoms with van der Waals surface area (Å²) in [5.41, 5.74) is 1.22. The molecule has 6 heteroatoms. The fourth-order valence-electron chi connectivity index (χ4n) is 2.15. The minimum absolute atomic E-state index is 0.222. The summed E-state index contributed by atoms with van der Waals surface area (Å²) >= 11 is 12.0. The maximum absolute atomic E-state index is 12.4. The lowest BCUT2D eigenvalue weighted by Crippen LogP contribution is -2.36. The highest BCUT2D eigenvalue weighted by molar-refractivity contribution is 6.31. The van der Waals surface area contributed by atoms with E-state index in [1.165, 1.54) is 0 Å². The summed E-state index contributed by atoms with van der Waals surface area (Å²) in [6.45, 7) is 1.93. The van der Waals surface area contributed by atoms with Gasteiger partial charge in [-0.2, -0.15) is 0 Å². The number of rotatable bonds is 6. The van der Waals surface area contributed by atoms with Gasteiger partial charge in [-0.05, 0) is 30.2 Å². The molecule has 126 valence electrons. The van der Waals surface area contributed by atoms with Gasteiger partial charge in [0.15, 0.2) is 6.04 Å². The lowest BCUT2D eigenvalue weighted by Gasteiger charge is -2.19. The van der Waals surface area contributed by atoms with Crippen LogP contribution in [-0.2, 0) is 14.3 Å². The zero-order valence-corrected chi connectivity index (χ0v) is 14.6. The molecule has 1 N–H and O–H groups in total. The topological polar surface area (TPSA) is 55.4 Å². The zero-order chi connectivity index (χ0) is 17.5. The average molecular weight is 366 g/mol. The van der Waals surface area contributed by atoms with E-state index in [2.05, 4.69) is 5.32 Å². The summed E-state index contributed by atoms with van der Waals surface area (Å²) in [4.78, 5) is 24.6. The van der Waals surface area contributed by atoms with Gasteiger partial charge in [-0.3, -0.25) is 4.79 Å². The number of esters is 1. The monoisotopic (exact) mass is 365 g/mol. The number of amides is 1. The normalized spacial score (nSPS) is 13.0. The van der Waals surface area contributed by atoms with Crippen molar-refractivity contribution in [1.29, 1.82) is 0 Å². The van der Waals surface area contributed by atoms with Gasteiger partial charge in [0.05, 0.1) is 6.61 Å². The molecule has 2 rings (SSSR count). The molecular formula is C18H17Cl2NO3. The SMILES string of the molecule is CCOC(=O)[C@H](NC(=O)[C@H](Cl)c1ccc(Cl)cc1)c1ccccc1. The van der Waals surface area contributed by atoms with Crippen molar-refractivity contribution in [1.82, 2.24) is 5.32 Å². The second-order valence-corrected chi connectivity index (χ2v) is 5.89. The van der Waals surface area contributed by atoms with Crippen molar-refractivity contribution in [3.63, 3.8) is 0 Å². The second kappa shape index (κ2) is 8.71. The molecule has 0 unspecified atom stereocenters. The third-order valence-corrected chi connectivity index (χ3v) is 4.04. The first-order valence-electron chi connectivity index (χ1n) is 7.44. The van der Waals surface area contributed by atoms with Crippen LogP contribution in [-0.4, -0.2) is 18.5 Å². The van der Waals surface area contributed by atoms with E-state index in [1.807, 2.05) is 6.07 Å². The Labute approximate surface area is 150 Å². The number of hydrogen-bond donors (Lipinski definition) is 1. The molecule has 24 heavy (non-hydrogen) atoms. The molecule has 0 aliphatic rings. The van der Waals surface area contributed by atoms with Crippen LogP contribution in [0.25, 0.3) is 0 Å². The molecule has 0 aliphatic heterocycles. The van der Waals surface area contributed by atoms with Gasteiger partial charge in [-0.15, -0.1) is 11.6 Å². The van der Waals surface area contributed by atoms with Crippen LogP contribution in [0.15, 0.2) is 54.6 Å². The van der Waals surface area contributed by atoms with E-state index >= 15 is 0 Å². The maximum Gasteiger partial charge on any atom is 0.333 e. The van der Waals surface area contributed by atoms with E-state index in [-0.39, 0.29) is 6.61 Å². The highest BCUT2D eigenvalue weighted by atomic mass is 35.5. The number of carbonyl (C=O) groups excluding carboxylic acids is 2. The summed E-state index contributed by atoms with van der Waals surface area (Å²) in [5, 5.41) is 2.26. The molecule has 0 saturated carbocycles. The molecule has 0 aliphatic carbocycles. The van der Waals surface area contributed by atoms with Gasteiger partial charge in [0.1, 0.15) is 5.38 Å². The summed E-state index contributed by atoms with van der Waals surface area (Å²) in [7, 11) is 0. The first-order chi connectivity index (χ1) is 11.5. The smallest absolute Gasteiger partial charge is 0.333 e. The van der Waals surface area contributed by atoms with Crippen LogP contribution in [0.1, 0.15) is 29.5 Å². The van der Waals surface area contributed by atoms with Crippen LogP contribution in [0.3, 0.4) is 0 Å². The van der Waals surface area contributed by atoms with Crippen LogP contribution in [0, 0.1) is 0 Å². The van der Waals surface area contributed by atoms with E-state index in [0.717, 1.165) is 0 Å². The Bertz CT molecular complexity index is 689. The first-order valence-corrected chi connectivity index (χ1v) is 8.26. The average Bonchev–Trinajstić information content (AvgIpc) is 2.60. The number of ether oxygens (including phenoxy) is 1. The molecule has 0 fully saturated rings. The number of nitrogens with one attached hydrogen (secondary N) is 1. The zero-order valence-electron chi connectivity index (χ0n) is 13.0. The van der Waals surface area contributed by atoms with Crippen LogP contribution in [0.5, 0.6) is 0 Å². The van der Waals surface area contributed by atoms with E-state index in [9.17, 15) is 9.59 Å². The Morgan fingerprint density at radius 1 is 1.04 bits per heavy atom. The van der Waals surface area contributed by atoms with Crippen molar-refractivity contribution in [3.05, 3.63) is 70.7 Å². The van der Waals surface area contributed by atoms with Gasteiger partial charge < -0.3 is 10.1 Å². The minimum Gasteiger partial charge on any atom is -0.464 e. The van der Waals surface area contributed by atoms with Gasteiger partial charge in [0.25, 0.3) is 0 Å². The Hall–Kier alpha value is -2.04. The molecular weight excluding hydrogens is 349 g/mol. The van der Waals surface area contributed by atoms with E-state index in [0.29, 0.717) is 16.1 Å². The maximum atomic E-state index is 12.4. The predicted molar refractivity (Wildman–Crippen MR) is 94.0 cm³/mol. The summed E-state index contributed by atoms with van der Waals surface area (Å²) < 4.78 is 5.05. The number of benzene rings is 2. The van der Waals surface area contributed by atoms with E-state index in [1.54, 1.807) is 55.5 Å². The lowest BCUT2D eigenvalue weighted by atomic mass is 10.1. The fraction of sp³-hybridized carbons (Fsp3) is 0.222. The molecule has 2 aromatic carbocycles. The molecule has 0 aromatic heterocycles. The quantitative estimate of drug-likeness (QED) is 0.620. The van der Waals surface area contributed by atoms with E-state index < -0.39 is 23.3 Å².